The van der Waals surface area contributed by atoms with Crippen LogP contribution in [0.3, 0.4) is 0 Å². The highest BCUT2D eigenvalue weighted by molar-refractivity contribution is 5.96. The maximum atomic E-state index is 11.9. The number of methoxy groups -OCH3 is 1. The zero-order chi connectivity index (χ0) is 15.7. The van der Waals surface area contributed by atoms with Crippen LogP contribution in [0.1, 0.15) is 29.8 Å². The van der Waals surface area contributed by atoms with Gasteiger partial charge in [0, 0.05) is 14.1 Å². The molecule has 0 aliphatic carbocycles. The van der Waals surface area contributed by atoms with E-state index in [1.807, 2.05) is 26.8 Å². The Morgan fingerprint density at radius 1 is 1.20 bits per heavy atom. The Bertz CT molecular complexity index is 455. The zero-order valence-corrected chi connectivity index (χ0v) is 13.0. The molecular formula is C15H23NO4. The number of hydrogen-bond acceptors (Lipinski definition) is 4. The zero-order valence-electron chi connectivity index (χ0n) is 13.0. The highest BCUT2D eigenvalue weighted by atomic mass is 16.6. The number of carbonyl (C=O) groups excluding carboxylic acids is 2. The van der Waals surface area contributed by atoms with E-state index in [9.17, 15) is 9.59 Å². The van der Waals surface area contributed by atoms with E-state index in [4.69, 9.17) is 4.74 Å². The van der Waals surface area contributed by atoms with Crippen molar-refractivity contribution >= 4 is 11.9 Å². The molecule has 0 atom stereocenters. The first-order chi connectivity index (χ1) is 9.45. The molecule has 0 fully saturated rings. The second kappa shape index (κ2) is 8.96. The molecule has 0 radical (unpaired) electrons. The van der Waals surface area contributed by atoms with Crippen LogP contribution in [0, 0.1) is 6.92 Å². The van der Waals surface area contributed by atoms with Crippen LogP contribution < -0.4 is 4.74 Å². The van der Waals surface area contributed by atoms with Crippen molar-refractivity contribution < 1.29 is 19.1 Å². The Morgan fingerprint density at radius 3 is 2.30 bits per heavy atom. The summed E-state index contributed by atoms with van der Waals surface area (Å²) >= 11 is 0. The predicted molar refractivity (Wildman–Crippen MR) is 78.1 cm³/mol. The van der Waals surface area contributed by atoms with Crippen molar-refractivity contribution in [2.24, 2.45) is 0 Å². The van der Waals surface area contributed by atoms with Gasteiger partial charge in [0.25, 0.3) is 5.91 Å². The standard InChI is InChI=1S/C13H17NO4.C2H6/c1-9-5-6-10(13(16)14(2)3)11(7-9)18-8-12(15)17-4;1-2/h5-7H,8H2,1-4H3;1-2H3. The Hall–Kier alpha value is -2.04. The van der Waals surface area contributed by atoms with Crippen molar-refractivity contribution in [1.82, 2.24) is 4.90 Å². The Kier molecular flexibility index (Phi) is 8.04. The Morgan fingerprint density at radius 2 is 1.80 bits per heavy atom. The second-order valence-corrected chi connectivity index (χ2v) is 4.06. The topological polar surface area (TPSA) is 55.8 Å². The smallest absolute Gasteiger partial charge is 0.343 e. The third kappa shape index (κ3) is 5.30. The van der Waals surface area contributed by atoms with Gasteiger partial charge in [-0.25, -0.2) is 4.79 Å². The largest absolute Gasteiger partial charge is 0.481 e. The van der Waals surface area contributed by atoms with Gasteiger partial charge in [-0.2, -0.15) is 0 Å². The first kappa shape index (κ1) is 18.0. The lowest BCUT2D eigenvalue weighted by Gasteiger charge is -2.15. The van der Waals surface area contributed by atoms with Gasteiger partial charge in [0.2, 0.25) is 0 Å². The van der Waals surface area contributed by atoms with Crippen molar-refractivity contribution in [3.63, 3.8) is 0 Å². The van der Waals surface area contributed by atoms with Gasteiger partial charge >= 0.3 is 5.97 Å². The lowest BCUT2D eigenvalue weighted by atomic mass is 10.1. The third-order valence-corrected chi connectivity index (χ3v) is 2.35. The maximum Gasteiger partial charge on any atom is 0.343 e. The molecule has 0 N–H and O–H groups in total. The summed E-state index contributed by atoms with van der Waals surface area (Å²) in [5, 5.41) is 0. The normalized spacial score (nSPS) is 9.10. The molecule has 0 saturated heterocycles. The number of amides is 1. The van der Waals surface area contributed by atoms with Gasteiger partial charge in [-0.1, -0.05) is 19.9 Å². The van der Waals surface area contributed by atoms with Gasteiger partial charge < -0.3 is 14.4 Å². The number of esters is 1. The molecule has 0 bridgehead atoms. The van der Waals surface area contributed by atoms with Gasteiger partial charge in [0.15, 0.2) is 6.61 Å². The first-order valence-electron chi connectivity index (χ1n) is 6.47. The van der Waals surface area contributed by atoms with E-state index in [2.05, 4.69) is 4.74 Å². The molecule has 0 heterocycles. The third-order valence-electron chi connectivity index (χ3n) is 2.35. The van der Waals surface area contributed by atoms with Crippen molar-refractivity contribution in [1.29, 1.82) is 0 Å². The summed E-state index contributed by atoms with van der Waals surface area (Å²) in [5.41, 5.74) is 1.37. The highest BCUT2D eigenvalue weighted by Crippen LogP contribution is 2.21. The summed E-state index contributed by atoms with van der Waals surface area (Å²) in [6, 6.07) is 5.23. The van der Waals surface area contributed by atoms with Crippen LogP contribution in [0.4, 0.5) is 0 Å². The van der Waals surface area contributed by atoms with Crippen LogP contribution in [0.5, 0.6) is 5.75 Å². The number of hydrogen-bond donors (Lipinski definition) is 0. The number of ether oxygens (including phenoxy) is 2. The van der Waals surface area contributed by atoms with Crippen LogP contribution in [0.25, 0.3) is 0 Å². The lowest BCUT2D eigenvalue weighted by molar-refractivity contribution is -0.142. The van der Waals surface area contributed by atoms with Gasteiger partial charge in [-0.3, -0.25) is 4.79 Å². The minimum absolute atomic E-state index is 0.171. The fraction of sp³-hybridized carbons (Fsp3) is 0.467. The molecular weight excluding hydrogens is 258 g/mol. The van der Waals surface area contributed by atoms with E-state index in [1.54, 1.807) is 26.2 Å². The van der Waals surface area contributed by atoms with Crippen LogP contribution in [-0.4, -0.2) is 44.6 Å². The number of aryl methyl sites for hydroxylation is 1. The quantitative estimate of drug-likeness (QED) is 0.794. The molecule has 0 aromatic heterocycles. The van der Waals surface area contributed by atoms with Gasteiger partial charge in [0.05, 0.1) is 12.7 Å². The molecule has 112 valence electrons. The fourth-order valence-corrected chi connectivity index (χ4v) is 1.36. The average molecular weight is 281 g/mol. The van der Waals surface area contributed by atoms with Crippen LogP contribution in [0.2, 0.25) is 0 Å². The average Bonchev–Trinajstić information content (AvgIpc) is 2.46. The van der Waals surface area contributed by atoms with E-state index in [-0.39, 0.29) is 12.5 Å². The molecule has 0 aliphatic heterocycles. The van der Waals surface area contributed by atoms with Gasteiger partial charge in [-0.05, 0) is 24.6 Å². The Labute approximate surface area is 120 Å². The molecule has 0 aliphatic rings. The number of nitrogens with zero attached hydrogens (tertiary/aromatic N) is 1. The molecule has 20 heavy (non-hydrogen) atoms. The predicted octanol–water partition coefficient (Wildman–Crippen LogP) is 2.27. The molecule has 1 amide bonds. The van der Waals surface area contributed by atoms with Crippen LogP contribution in [0.15, 0.2) is 18.2 Å². The molecule has 1 aromatic rings. The first-order valence-corrected chi connectivity index (χ1v) is 6.47. The van der Waals surface area contributed by atoms with Crippen molar-refractivity contribution in [3.05, 3.63) is 29.3 Å². The fourth-order valence-electron chi connectivity index (χ4n) is 1.36. The van der Waals surface area contributed by atoms with Gasteiger partial charge in [-0.15, -0.1) is 0 Å². The molecule has 1 aromatic carbocycles. The summed E-state index contributed by atoms with van der Waals surface area (Å²) in [4.78, 5) is 24.4. The minimum Gasteiger partial charge on any atom is -0.481 e. The number of benzene rings is 1. The summed E-state index contributed by atoms with van der Waals surface area (Å²) in [7, 11) is 4.60. The van der Waals surface area contributed by atoms with Gasteiger partial charge in [0.1, 0.15) is 5.75 Å². The summed E-state index contributed by atoms with van der Waals surface area (Å²) in [5.74, 6) is -0.270. The van der Waals surface area contributed by atoms with Crippen molar-refractivity contribution in [3.8, 4) is 5.75 Å². The molecule has 5 heteroatoms. The summed E-state index contributed by atoms with van der Waals surface area (Å²) in [6.45, 7) is 5.67. The Balaban J connectivity index is 0.00000172. The molecule has 5 nitrogen and oxygen atoms in total. The van der Waals surface area contributed by atoms with Crippen LogP contribution >= 0.6 is 0 Å². The second-order valence-electron chi connectivity index (χ2n) is 4.06. The van der Waals surface area contributed by atoms with E-state index >= 15 is 0 Å². The highest BCUT2D eigenvalue weighted by Gasteiger charge is 2.15. The molecule has 0 spiro atoms. The lowest BCUT2D eigenvalue weighted by Crippen LogP contribution is -2.23. The van der Waals surface area contributed by atoms with Crippen LogP contribution in [-0.2, 0) is 9.53 Å². The van der Waals surface area contributed by atoms with E-state index in [1.165, 1.54) is 12.0 Å². The molecule has 0 saturated carbocycles. The summed E-state index contributed by atoms with van der Waals surface area (Å²) in [6.07, 6.45) is 0. The van der Waals surface area contributed by atoms with E-state index < -0.39 is 5.97 Å². The monoisotopic (exact) mass is 281 g/mol. The van der Waals surface area contributed by atoms with Crippen molar-refractivity contribution in [2.45, 2.75) is 20.8 Å². The number of rotatable bonds is 4. The summed E-state index contributed by atoms with van der Waals surface area (Å²) < 4.78 is 9.81. The van der Waals surface area contributed by atoms with E-state index in [0.29, 0.717) is 11.3 Å². The molecule has 0 unspecified atom stereocenters. The SMILES string of the molecule is CC.COC(=O)COc1cc(C)ccc1C(=O)N(C)C. The molecule has 1 rings (SSSR count). The maximum absolute atomic E-state index is 11.9. The van der Waals surface area contributed by atoms with E-state index in [0.717, 1.165) is 5.56 Å². The van der Waals surface area contributed by atoms with Crippen molar-refractivity contribution in [2.75, 3.05) is 27.8 Å². The number of carbonyl (C=O) groups is 2. The minimum atomic E-state index is -0.486.